The van der Waals surface area contributed by atoms with E-state index in [1.807, 2.05) is 0 Å². The summed E-state index contributed by atoms with van der Waals surface area (Å²) in [5, 5.41) is 2.83. The van der Waals surface area contributed by atoms with Gasteiger partial charge in [0.25, 0.3) is 5.17 Å². The first-order valence-corrected chi connectivity index (χ1v) is 11.6. The zero-order chi connectivity index (χ0) is 28.1. The van der Waals surface area contributed by atoms with Crippen molar-refractivity contribution in [3.8, 4) is 0 Å². The zero-order valence-corrected chi connectivity index (χ0v) is 21.5. The highest BCUT2D eigenvalue weighted by Gasteiger charge is 2.37. The minimum absolute atomic E-state index is 0.0302. The van der Waals surface area contributed by atoms with Crippen LogP contribution in [0.3, 0.4) is 0 Å². The Bertz CT molecular complexity index is 823. The summed E-state index contributed by atoms with van der Waals surface area (Å²) in [5.41, 5.74) is -1.32. The summed E-state index contributed by atoms with van der Waals surface area (Å²) in [5.74, 6) is -2.86. The van der Waals surface area contributed by atoms with E-state index in [0.717, 1.165) is 18.2 Å². The van der Waals surface area contributed by atoms with E-state index in [-0.39, 0.29) is 44.6 Å². The number of rotatable bonds is 19. The van der Waals surface area contributed by atoms with Gasteiger partial charge in [-0.2, -0.15) is 4.99 Å². The molecule has 0 fully saturated rings. The van der Waals surface area contributed by atoms with Crippen molar-refractivity contribution >= 4 is 47.3 Å². The molecule has 0 saturated heterocycles. The molecule has 0 radical (unpaired) electrons. The Morgan fingerprint density at radius 3 is 1.81 bits per heavy atom. The van der Waals surface area contributed by atoms with Gasteiger partial charge in [-0.25, -0.2) is 24.0 Å². The lowest BCUT2D eigenvalue weighted by molar-refractivity contribution is -0.158. The van der Waals surface area contributed by atoms with Crippen LogP contribution in [0.25, 0.3) is 0 Å². The lowest BCUT2D eigenvalue weighted by Gasteiger charge is -2.31. The van der Waals surface area contributed by atoms with Gasteiger partial charge in [-0.1, -0.05) is 19.7 Å². The summed E-state index contributed by atoms with van der Waals surface area (Å²) < 4.78 is 25.7. The molecule has 0 heterocycles. The van der Waals surface area contributed by atoms with Gasteiger partial charge in [0.15, 0.2) is 6.04 Å². The summed E-state index contributed by atoms with van der Waals surface area (Å²) in [6.45, 7) is 10.8. The molecule has 0 spiro atoms. The molecule has 1 atom stereocenters. The lowest BCUT2D eigenvalue weighted by atomic mass is 9.92. The molecule has 0 aliphatic heterocycles. The van der Waals surface area contributed by atoms with Gasteiger partial charge in [0.05, 0.1) is 6.61 Å². The number of thiocarbonyl (C=S) groups is 1. The van der Waals surface area contributed by atoms with Crippen LogP contribution < -0.4 is 5.32 Å². The molecule has 0 bridgehead atoms. The van der Waals surface area contributed by atoms with E-state index in [2.05, 4.69) is 30.0 Å². The first kappa shape index (κ1) is 33.2. The van der Waals surface area contributed by atoms with Crippen LogP contribution in [0.4, 0.5) is 0 Å². The third-order valence-corrected chi connectivity index (χ3v) is 4.77. The Hall–Kier alpha value is -3.83. The number of nitrogens with one attached hydrogen (secondary N) is 1. The Labute approximate surface area is 220 Å². The molecule has 12 nitrogen and oxygen atoms in total. The number of ether oxygens (including phenoxy) is 5. The van der Waals surface area contributed by atoms with Crippen molar-refractivity contribution in [1.82, 2.24) is 5.32 Å². The minimum Gasteiger partial charge on any atom is -0.470 e. The summed E-state index contributed by atoms with van der Waals surface area (Å²) in [4.78, 5) is 60.6. The lowest BCUT2D eigenvalue weighted by Crippen LogP contribution is -2.44. The molecule has 0 aromatic heterocycles. The van der Waals surface area contributed by atoms with Gasteiger partial charge in [-0.3, -0.25) is 0 Å². The Morgan fingerprint density at radius 2 is 1.38 bits per heavy atom. The number of aliphatic imine (C=N–C) groups is 1. The van der Waals surface area contributed by atoms with Crippen LogP contribution in [0.2, 0.25) is 0 Å². The van der Waals surface area contributed by atoms with Crippen LogP contribution in [-0.2, 0) is 47.7 Å². The van der Waals surface area contributed by atoms with Gasteiger partial charge in [-0.05, 0) is 38.4 Å². The molecule has 204 valence electrons. The number of carbonyl (C=O) groups excluding carboxylic acids is 5. The maximum absolute atomic E-state index is 11.8. The Morgan fingerprint density at radius 1 is 0.892 bits per heavy atom. The van der Waals surface area contributed by atoms with Crippen molar-refractivity contribution < 1.29 is 47.7 Å². The highest BCUT2D eigenvalue weighted by atomic mass is 32.1. The Kier molecular flexibility index (Phi) is 17.4. The molecule has 0 saturated carbocycles. The van der Waals surface area contributed by atoms with Crippen molar-refractivity contribution in [2.75, 3.05) is 39.6 Å². The van der Waals surface area contributed by atoms with Crippen LogP contribution in [0.5, 0.6) is 0 Å². The molecule has 0 aliphatic carbocycles. The second-order valence-corrected chi connectivity index (χ2v) is 7.79. The molecule has 1 unspecified atom stereocenters. The van der Waals surface area contributed by atoms with E-state index in [1.54, 1.807) is 6.92 Å². The molecule has 0 aromatic rings. The maximum Gasteiger partial charge on any atom is 0.331 e. The molecule has 0 amide bonds. The number of esters is 4. The van der Waals surface area contributed by atoms with Gasteiger partial charge < -0.3 is 29.0 Å². The molecule has 37 heavy (non-hydrogen) atoms. The van der Waals surface area contributed by atoms with E-state index >= 15 is 0 Å². The first-order chi connectivity index (χ1) is 17.7. The maximum atomic E-state index is 11.8. The molecule has 0 rings (SSSR count). The number of hydrogen-bond donors (Lipinski definition) is 1. The molecule has 0 aliphatic rings. The second kappa shape index (κ2) is 19.4. The molecular formula is C24H32N2O10S. The standard InChI is InChI=1S/C24H32N2O10S/c1-5-19(28)33-13-24(14-34-20(29)6-2,15-35-21(30)7-3)16-36-23(37)25-12-10-9-11-18(26-17-27)22(31)32-8-4/h5-7,18H,1-3,8-16H2,4H3,(H,25,37). The van der Waals surface area contributed by atoms with E-state index in [0.29, 0.717) is 19.4 Å². The quantitative estimate of drug-likeness (QED) is 0.0480. The van der Waals surface area contributed by atoms with Gasteiger partial charge in [0.1, 0.15) is 31.8 Å². The number of isocyanates is 1. The van der Waals surface area contributed by atoms with Crippen molar-refractivity contribution in [2.24, 2.45) is 10.4 Å². The predicted molar refractivity (Wildman–Crippen MR) is 135 cm³/mol. The van der Waals surface area contributed by atoms with Crippen LogP contribution >= 0.6 is 12.2 Å². The number of hydrogen-bond acceptors (Lipinski definition) is 12. The molecule has 0 aromatic carbocycles. The first-order valence-electron chi connectivity index (χ1n) is 11.2. The van der Waals surface area contributed by atoms with Crippen molar-refractivity contribution in [1.29, 1.82) is 0 Å². The van der Waals surface area contributed by atoms with Crippen LogP contribution in [0.15, 0.2) is 43.0 Å². The number of carbonyl (C=O) groups is 4. The Balaban J connectivity index is 5.07. The SMILES string of the molecule is C=CC(=O)OCC(COC(=O)C=C)(COC(=O)C=C)COC(=S)NCCCCC(N=C=O)C(=O)OCC. The zero-order valence-electron chi connectivity index (χ0n) is 20.7. The van der Waals surface area contributed by atoms with Crippen LogP contribution in [-0.4, -0.2) is 80.8 Å². The van der Waals surface area contributed by atoms with Gasteiger partial charge >= 0.3 is 23.9 Å². The highest BCUT2D eigenvalue weighted by Crippen LogP contribution is 2.21. The monoisotopic (exact) mass is 540 g/mol. The van der Waals surface area contributed by atoms with Crippen LogP contribution in [0.1, 0.15) is 26.2 Å². The van der Waals surface area contributed by atoms with Crippen molar-refractivity contribution in [3.63, 3.8) is 0 Å². The smallest absolute Gasteiger partial charge is 0.331 e. The molecule has 13 heteroatoms. The summed E-state index contributed by atoms with van der Waals surface area (Å²) in [6, 6.07) is -0.920. The fraction of sp³-hybridized carbons (Fsp3) is 0.500. The summed E-state index contributed by atoms with van der Waals surface area (Å²) in [7, 11) is 0. The van der Waals surface area contributed by atoms with E-state index in [4.69, 9.17) is 35.9 Å². The summed E-state index contributed by atoms with van der Waals surface area (Å²) in [6.07, 6.45) is 5.53. The largest absolute Gasteiger partial charge is 0.470 e. The van der Waals surface area contributed by atoms with Gasteiger partial charge in [0.2, 0.25) is 6.08 Å². The average molecular weight is 541 g/mol. The number of unbranched alkanes of at least 4 members (excludes halogenated alkanes) is 1. The average Bonchev–Trinajstić information content (AvgIpc) is 2.90. The van der Waals surface area contributed by atoms with Gasteiger partial charge in [-0.15, -0.1) is 0 Å². The van der Waals surface area contributed by atoms with Crippen molar-refractivity contribution in [3.05, 3.63) is 38.0 Å². The van der Waals surface area contributed by atoms with Crippen molar-refractivity contribution in [2.45, 2.75) is 32.2 Å². The van der Waals surface area contributed by atoms with Gasteiger partial charge in [0, 0.05) is 24.8 Å². The van der Waals surface area contributed by atoms with E-state index in [1.165, 1.54) is 6.08 Å². The second-order valence-electron chi connectivity index (χ2n) is 7.42. The van der Waals surface area contributed by atoms with Crippen LogP contribution in [0, 0.1) is 5.41 Å². The topological polar surface area (TPSA) is 156 Å². The third kappa shape index (κ3) is 15.0. The normalized spacial score (nSPS) is 10.9. The highest BCUT2D eigenvalue weighted by molar-refractivity contribution is 7.80. The fourth-order valence-corrected chi connectivity index (χ4v) is 2.72. The van der Waals surface area contributed by atoms with E-state index < -0.39 is 35.3 Å². The molecule has 1 N–H and O–H groups in total. The predicted octanol–water partition coefficient (Wildman–Crippen LogP) is 1.49. The molecular weight excluding hydrogens is 508 g/mol. The summed E-state index contributed by atoms with van der Waals surface area (Å²) >= 11 is 5.17. The third-order valence-electron chi connectivity index (χ3n) is 4.51. The minimum atomic E-state index is -1.32. The number of nitrogens with zero attached hydrogens (tertiary/aromatic N) is 1. The fourth-order valence-electron chi connectivity index (χ4n) is 2.56. The van der Waals surface area contributed by atoms with E-state index in [9.17, 15) is 24.0 Å².